The molecule has 0 aliphatic rings. The Hall–Kier alpha value is -2.07. The summed E-state index contributed by atoms with van der Waals surface area (Å²) in [7, 11) is 0. The Labute approximate surface area is 128 Å². The van der Waals surface area contributed by atoms with Crippen molar-refractivity contribution in [2.45, 2.75) is 40.5 Å². The molecule has 2 aromatic rings. The zero-order chi connectivity index (χ0) is 15.3. The Morgan fingerprint density at radius 2 is 1.67 bits per heavy atom. The van der Waals surface area contributed by atoms with Gasteiger partial charge in [-0.25, -0.2) is 0 Å². The van der Waals surface area contributed by atoms with Crippen LogP contribution >= 0.6 is 0 Å². The summed E-state index contributed by atoms with van der Waals surface area (Å²) in [5, 5.41) is 0. The van der Waals surface area contributed by atoms with E-state index in [2.05, 4.69) is 74.0 Å². The van der Waals surface area contributed by atoms with Crippen LogP contribution in [0.1, 0.15) is 43.3 Å². The highest BCUT2D eigenvalue weighted by Crippen LogP contribution is 2.14. The minimum Gasteiger partial charge on any atom is -0.257 e. The van der Waals surface area contributed by atoms with E-state index in [1.165, 1.54) is 5.56 Å². The lowest BCUT2D eigenvalue weighted by atomic mass is 9.96. The number of pyridine rings is 1. The summed E-state index contributed by atoms with van der Waals surface area (Å²) in [6, 6.07) is 14.7. The van der Waals surface area contributed by atoms with Gasteiger partial charge in [0.1, 0.15) is 0 Å². The van der Waals surface area contributed by atoms with Gasteiger partial charge in [-0.15, -0.1) is 0 Å². The second-order valence-electron chi connectivity index (χ2n) is 6.43. The van der Waals surface area contributed by atoms with Crippen molar-refractivity contribution in [1.82, 2.24) is 4.98 Å². The summed E-state index contributed by atoms with van der Waals surface area (Å²) in [6.45, 7) is 8.43. The fourth-order valence-electron chi connectivity index (χ4n) is 2.08. The van der Waals surface area contributed by atoms with E-state index in [4.69, 9.17) is 0 Å². The van der Waals surface area contributed by atoms with Crippen LogP contribution in [0, 0.1) is 24.2 Å². The summed E-state index contributed by atoms with van der Waals surface area (Å²) >= 11 is 0. The van der Waals surface area contributed by atoms with Crippen molar-refractivity contribution in [2.24, 2.45) is 5.41 Å². The second-order valence-corrected chi connectivity index (χ2v) is 6.43. The zero-order valence-corrected chi connectivity index (χ0v) is 13.4. The largest absolute Gasteiger partial charge is 0.257 e. The second kappa shape index (κ2) is 6.59. The van der Waals surface area contributed by atoms with E-state index in [-0.39, 0.29) is 5.41 Å². The fourth-order valence-corrected chi connectivity index (χ4v) is 2.08. The molecule has 1 aromatic heterocycles. The van der Waals surface area contributed by atoms with E-state index < -0.39 is 0 Å². The van der Waals surface area contributed by atoms with Crippen LogP contribution in [0.4, 0.5) is 0 Å². The molecule has 1 heterocycles. The van der Waals surface area contributed by atoms with Gasteiger partial charge < -0.3 is 0 Å². The molecule has 0 atom stereocenters. The third-order valence-electron chi connectivity index (χ3n) is 3.18. The lowest BCUT2D eigenvalue weighted by Crippen LogP contribution is -2.02. The first kappa shape index (κ1) is 15.3. The topological polar surface area (TPSA) is 12.9 Å². The van der Waals surface area contributed by atoms with Gasteiger partial charge in [-0.3, -0.25) is 4.98 Å². The lowest BCUT2D eigenvalue weighted by Gasteiger charge is -2.09. The number of aryl methyl sites for hydroxylation is 3. The van der Waals surface area contributed by atoms with Gasteiger partial charge >= 0.3 is 0 Å². The van der Waals surface area contributed by atoms with Gasteiger partial charge in [-0.1, -0.05) is 42.2 Å². The van der Waals surface area contributed by atoms with E-state index in [1.54, 1.807) is 0 Å². The molecule has 0 unspecified atom stereocenters. The highest BCUT2D eigenvalue weighted by molar-refractivity contribution is 5.40. The van der Waals surface area contributed by atoms with E-state index in [1.807, 2.05) is 13.0 Å². The summed E-state index contributed by atoms with van der Waals surface area (Å²) in [5.41, 5.74) is 4.58. The Kier molecular flexibility index (Phi) is 4.81. The molecule has 0 fully saturated rings. The van der Waals surface area contributed by atoms with Crippen LogP contribution in [0.2, 0.25) is 0 Å². The average molecular weight is 277 g/mol. The van der Waals surface area contributed by atoms with Crippen molar-refractivity contribution < 1.29 is 0 Å². The highest BCUT2D eigenvalue weighted by Gasteiger charge is 2.06. The molecule has 108 valence electrons. The average Bonchev–Trinajstić information content (AvgIpc) is 2.44. The number of rotatable bonds is 3. The number of hydrogen-bond acceptors (Lipinski definition) is 1. The molecule has 0 radical (unpaired) electrons. The van der Waals surface area contributed by atoms with Crippen molar-refractivity contribution >= 4 is 0 Å². The van der Waals surface area contributed by atoms with Gasteiger partial charge in [0.05, 0.1) is 5.69 Å². The third kappa shape index (κ3) is 5.08. The molecule has 0 amide bonds. The highest BCUT2D eigenvalue weighted by atomic mass is 14.7. The van der Waals surface area contributed by atoms with E-state index in [9.17, 15) is 0 Å². The molecule has 0 N–H and O–H groups in total. The third-order valence-corrected chi connectivity index (χ3v) is 3.18. The van der Waals surface area contributed by atoms with Gasteiger partial charge in [0.25, 0.3) is 0 Å². The molecule has 2 rings (SSSR count). The monoisotopic (exact) mass is 277 g/mol. The van der Waals surface area contributed by atoms with Crippen LogP contribution < -0.4 is 0 Å². The maximum Gasteiger partial charge on any atom is 0.0566 e. The molecular formula is C20H23N. The summed E-state index contributed by atoms with van der Waals surface area (Å²) in [4.78, 5) is 4.69. The van der Waals surface area contributed by atoms with E-state index in [0.717, 1.165) is 29.8 Å². The first-order valence-electron chi connectivity index (χ1n) is 7.48. The first-order chi connectivity index (χ1) is 9.94. The summed E-state index contributed by atoms with van der Waals surface area (Å²) in [6.07, 6.45) is 1.93. The van der Waals surface area contributed by atoms with Gasteiger partial charge in [-0.05, 0) is 58.2 Å². The van der Waals surface area contributed by atoms with Gasteiger partial charge in [-0.2, -0.15) is 0 Å². The van der Waals surface area contributed by atoms with Crippen molar-refractivity contribution in [1.29, 1.82) is 0 Å². The van der Waals surface area contributed by atoms with Crippen LogP contribution in [0.15, 0.2) is 42.5 Å². The molecule has 1 aromatic carbocycles. The Bertz CT molecular complexity index is 652. The number of aromatic nitrogens is 1. The van der Waals surface area contributed by atoms with E-state index >= 15 is 0 Å². The maximum atomic E-state index is 4.69. The minimum atomic E-state index is 0.0155. The summed E-state index contributed by atoms with van der Waals surface area (Å²) in [5.74, 6) is 6.61. The molecular weight excluding hydrogens is 254 g/mol. The fraction of sp³-hybridized carbons (Fsp3) is 0.350. The minimum absolute atomic E-state index is 0.0155. The van der Waals surface area contributed by atoms with Gasteiger partial charge in [0, 0.05) is 16.7 Å². The standard InChI is InChI=1S/C20H23N/c1-16-10-12-18(14-15-20(2,3)4)19(21-16)13-11-17-8-6-5-7-9-17/h5-10,12H,11,13H2,1-4H3. The summed E-state index contributed by atoms with van der Waals surface area (Å²) < 4.78 is 0. The van der Waals surface area contributed by atoms with Gasteiger partial charge in [0.2, 0.25) is 0 Å². The molecule has 0 aliphatic heterocycles. The first-order valence-corrected chi connectivity index (χ1v) is 7.48. The SMILES string of the molecule is Cc1ccc(C#CC(C)(C)C)c(CCc2ccccc2)n1. The molecule has 0 saturated carbocycles. The van der Waals surface area contributed by atoms with Crippen LogP contribution in [0.5, 0.6) is 0 Å². The van der Waals surface area contributed by atoms with Gasteiger partial charge in [0.15, 0.2) is 0 Å². The molecule has 0 spiro atoms. The van der Waals surface area contributed by atoms with E-state index in [0.29, 0.717) is 0 Å². The molecule has 21 heavy (non-hydrogen) atoms. The maximum absolute atomic E-state index is 4.69. The Balaban J connectivity index is 2.21. The van der Waals surface area contributed by atoms with Crippen molar-refractivity contribution in [2.75, 3.05) is 0 Å². The Morgan fingerprint density at radius 3 is 2.33 bits per heavy atom. The number of hydrogen-bond donors (Lipinski definition) is 0. The number of nitrogens with zero attached hydrogens (tertiary/aromatic N) is 1. The molecule has 1 nitrogen and oxygen atoms in total. The predicted octanol–water partition coefficient (Wildman–Crippen LogP) is 4.57. The van der Waals surface area contributed by atoms with Crippen LogP contribution in [0.3, 0.4) is 0 Å². The van der Waals surface area contributed by atoms with Crippen LogP contribution in [0.25, 0.3) is 0 Å². The van der Waals surface area contributed by atoms with Crippen LogP contribution in [-0.2, 0) is 12.8 Å². The van der Waals surface area contributed by atoms with Crippen molar-refractivity contribution in [3.8, 4) is 11.8 Å². The predicted molar refractivity (Wildman–Crippen MR) is 89.2 cm³/mol. The Morgan fingerprint density at radius 1 is 0.952 bits per heavy atom. The molecule has 1 heteroatoms. The molecule has 0 aliphatic carbocycles. The van der Waals surface area contributed by atoms with Crippen molar-refractivity contribution in [3.63, 3.8) is 0 Å². The smallest absolute Gasteiger partial charge is 0.0566 e. The quantitative estimate of drug-likeness (QED) is 0.749. The van der Waals surface area contributed by atoms with Crippen LogP contribution in [-0.4, -0.2) is 4.98 Å². The zero-order valence-electron chi connectivity index (χ0n) is 13.4. The normalized spacial score (nSPS) is 10.9. The van der Waals surface area contributed by atoms with Crippen molar-refractivity contribution in [3.05, 3.63) is 65.0 Å². The molecule has 0 bridgehead atoms. The lowest BCUT2D eigenvalue weighted by molar-refractivity contribution is 0.571. The number of benzene rings is 1. The molecule has 0 saturated heterocycles.